The maximum atomic E-state index is 13.9. The van der Waals surface area contributed by atoms with Crippen LogP contribution in [0.5, 0.6) is 5.75 Å². The largest absolute Gasteiger partial charge is 0.489 e. The predicted molar refractivity (Wildman–Crippen MR) is 104 cm³/mol. The van der Waals surface area contributed by atoms with Gasteiger partial charge in [-0.1, -0.05) is 42.5 Å². The molecule has 0 spiro atoms. The number of hydrogen-bond acceptors (Lipinski definition) is 4. The zero-order chi connectivity index (χ0) is 20.2. The fourth-order valence-electron chi connectivity index (χ4n) is 2.75. The van der Waals surface area contributed by atoms with Crippen molar-refractivity contribution in [2.24, 2.45) is 4.99 Å². The number of carbonyl (C=O) groups is 1. The molecule has 0 unspecified atom stereocenters. The first-order valence-corrected chi connectivity index (χ1v) is 8.84. The summed E-state index contributed by atoms with van der Waals surface area (Å²) in [6, 6.07) is 19.2. The van der Waals surface area contributed by atoms with Gasteiger partial charge in [-0.3, -0.25) is 0 Å². The van der Waals surface area contributed by atoms with E-state index in [0.29, 0.717) is 16.9 Å². The highest BCUT2D eigenvalue weighted by atomic mass is 19.1. The van der Waals surface area contributed by atoms with Crippen molar-refractivity contribution in [3.05, 3.63) is 107 Å². The molecule has 0 aromatic heterocycles. The van der Waals surface area contributed by atoms with E-state index < -0.39 is 11.8 Å². The molecule has 3 aromatic carbocycles. The second-order valence-electron chi connectivity index (χ2n) is 6.27. The van der Waals surface area contributed by atoms with E-state index in [9.17, 15) is 13.6 Å². The van der Waals surface area contributed by atoms with Gasteiger partial charge in [0, 0.05) is 5.56 Å². The summed E-state index contributed by atoms with van der Waals surface area (Å²) in [5.74, 6) is -0.999. The van der Waals surface area contributed by atoms with E-state index in [1.807, 2.05) is 0 Å². The third-order valence-corrected chi connectivity index (χ3v) is 4.26. The molecule has 0 saturated carbocycles. The Balaban J connectivity index is 1.48. The van der Waals surface area contributed by atoms with E-state index in [-0.39, 0.29) is 29.6 Å². The van der Waals surface area contributed by atoms with Crippen molar-refractivity contribution >= 4 is 17.9 Å². The summed E-state index contributed by atoms with van der Waals surface area (Å²) in [5.41, 5.74) is 1.35. The monoisotopic (exact) mass is 391 g/mol. The first-order valence-electron chi connectivity index (χ1n) is 8.84. The Morgan fingerprint density at radius 3 is 2.31 bits per heavy atom. The smallest absolute Gasteiger partial charge is 0.363 e. The van der Waals surface area contributed by atoms with Gasteiger partial charge in [0.25, 0.3) is 0 Å². The summed E-state index contributed by atoms with van der Waals surface area (Å²) < 4.78 is 38.2. The number of rotatable bonds is 5. The molecule has 29 heavy (non-hydrogen) atoms. The van der Waals surface area contributed by atoms with Gasteiger partial charge in [0.05, 0.1) is 5.56 Å². The number of cyclic esters (lactones) is 1. The topological polar surface area (TPSA) is 47.9 Å². The Bertz CT molecular complexity index is 1120. The van der Waals surface area contributed by atoms with Crippen LogP contribution in [0, 0.1) is 11.6 Å². The van der Waals surface area contributed by atoms with Crippen LogP contribution in [-0.2, 0) is 16.1 Å². The van der Waals surface area contributed by atoms with Crippen molar-refractivity contribution in [3.63, 3.8) is 0 Å². The van der Waals surface area contributed by atoms with Crippen molar-refractivity contribution < 1.29 is 23.0 Å². The molecular formula is C23H15F2NO3. The van der Waals surface area contributed by atoms with Crippen LogP contribution in [0.3, 0.4) is 0 Å². The fourth-order valence-corrected chi connectivity index (χ4v) is 2.75. The standard InChI is InChI=1S/C23H15F2NO3/c24-19-7-3-1-5-16(19)14-28-17-11-9-15(10-12-17)13-21-23(27)29-22(26-21)18-6-2-4-8-20(18)25/h1-13H,14H2/b21-13-. The Hall–Kier alpha value is -3.80. The first kappa shape index (κ1) is 18.6. The highest BCUT2D eigenvalue weighted by Gasteiger charge is 2.25. The Morgan fingerprint density at radius 1 is 0.897 bits per heavy atom. The summed E-state index contributed by atoms with van der Waals surface area (Å²) in [6.45, 7) is 0.107. The number of aliphatic imine (C=N–C) groups is 1. The average Bonchev–Trinajstić information content (AvgIpc) is 3.09. The van der Waals surface area contributed by atoms with Crippen molar-refractivity contribution in [2.45, 2.75) is 6.61 Å². The Labute approximate surface area is 165 Å². The summed E-state index contributed by atoms with van der Waals surface area (Å²) in [5, 5.41) is 0. The molecule has 4 nitrogen and oxygen atoms in total. The first-order chi connectivity index (χ1) is 14.1. The maximum absolute atomic E-state index is 13.9. The third kappa shape index (κ3) is 4.21. The van der Waals surface area contributed by atoms with E-state index in [4.69, 9.17) is 9.47 Å². The predicted octanol–water partition coefficient (Wildman–Crippen LogP) is 4.89. The van der Waals surface area contributed by atoms with Crippen molar-refractivity contribution in [1.29, 1.82) is 0 Å². The molecule has 0 amide bonds. The second-order valence-corrected chi connectivity index (χ2v) is 6.27. The minimum Gasteiger partial charge on any atom is -0.489 e. The maximum Gasteiger partial charge on any atom is 0.363 e. The molecule has 0 radical (unpaired) electrons. The van der Waals surface area contributed by atoms with Crippen LogP contribution in [0.4, 0.5) is 8.78 Å². The van der Waals surface area contributed by atoms with Gasteiger partial charge < -0.3 is 9.47 Å². The number of ether oxygens (including phenoxy) is 2. The number of esters is 1. The molecule has 1 heterocycles. The number of carbonyl (C=O) groups excluding carboxylic acids is 1. The second kappa shape index (κ2) is 8.06. The van der Waals surface area contributed by atoms with E-state index in [0.717, 1.165) is 0 Å². The molecule has 6 heteroatoms. The van der Waals surface area contributed by atoms with Crippen LogP contribution in [0.1, 0.15) is 16.7 Å². The van der Waals surface area contributed by atoms with Crippen LogP contribution in [0.25, 0.3) is 6.08 Å². The van der Waals surface area contributed by atoms with Crippen molar-refractivity contribution in [2.75, 3.05) is 0 Å². The van der Waals surface area contributed by atoms with Crippen molar-refractivity contribution in [3.8, 4) is 5.75 Å². The minimum atomic E-state index is -0.650. The van der Waals surface area contributed by atoms with Gasteiger partial charge in [-0.05, 0) is 42.0 Å². The van der Waals surface area contributed by atoms with E-state index in [1.165, 1.54) is 24.3 Å². The molecule has 1 aliphatic rings. The molecular weight excluding hydrogens is 376 g/mol. The molecule has 0 saturated heterocycles. The van der Waals surface area contributed by atoms with Gasteiger partial charge in [-0.25, -0.2) is 18.6 Å². The molecule has 4 rings (SSSR count). The van der Waals surface area contributed by atoms with E-state index >= 15 is 0 Å². The molecule has 144 valence electrons. The number of benzene rings is 3. The van der Waals surface area contributed by atoms with Crippen LogP contribution >= 0.6 is 0 Å². The zero-order valence-electron chi connectivity index (χ0n) is 15.1. The van der Waals surface area contributed by atoms with Gasteiger partial charge in [0.1, 0.15) is 24.0 Å². The van der Waals surface area contributed by atoms with E-state index in [2.05, 4.69) is 4.99 Å². The van der Waals surface area contributed by atoms with Gasteiger partial charge >= 0.3 is 5.97 Å². The van der Waals surface area contributed by atoms with E-state index in [1.54, 1.807) is 54.6 Å². The lowest BCUT2D eigenvalue weighted by molar-refractivity contribution is -0.129. The average molecular weight is 391 g/mol. The lowest BCUT2D eigenvalue weighted by Gasteiger charge is -2.07. The minimum absolute atomic E-state index is 0.0656. The summed E-state index contributed by atoms with van der Waals surface area (Å²) in [6.07, 6.45) is 1.54. The Morgan fingerprint density at radius 2 is 1.59 bits per heavy atom. The molecule has 0 fully saturated rings. The summed E-state index contributed by atoms with van der Waals surface area (Å²) >= 11 is 0. The normalized spacial score (nSPS) is 14.6. The van der Waals surface area contributed by atoms with Crippen LogP contribution in [-0.4, -0.2) is 11.9 Å². The molecule has 0 bridgehead atoms. The fraction of sp³-hybridized carbons (Fsp3) is 0.0435. The third-order valence-electron chi connectivity index (χ3n) is 4.26. The molecule has 1 aliphatic heterocycles. The Kier molecular flexibility index (Phi) is 5.16. The summed E-state index contributed by atoms with van der Waals surface area (Å²) in [7, 11) is 0. The molecule has 0 aliphatic carbocycles. The highest BCUT2D eigenvalue weighted by molar-refractivity contribution is 6.12. The summed E-state index contributed by atoms with van der Waals surface area (Å²) in [4.78, 5) is 16.1. The molecule has 0 N–H and O–H groups in total. The van der Waals surface area contributed by atoms with Crippen molar-refractivity contribution in [1.82, 2.24) is 0 Å². The van der Waals surface area contributed by atoms with Crippen LogP contribution < -0.4 is 4.74 Å². The van der Waals surface area contributed by atoms with Gasteiger partial charge in [-0.15, -0.1) is 0 Å². The quantitative estimate of drug-likeness (QED) is 0.460. The van der Waals surface area contributed by atoms with Crippen LogP contribution in [0.2, 0.25) is 0 Å². The number of nitrogens with zero attached hydrogens (tertiary/aromatic N) is 1. The van der Waals surface area contributed by atoms with Crippen LogP contribution in [0.15, 0.2) is 83.5 Å². The van der Waals surface area contributed by atoms with Gasteiger partial charge in [0.2, 0.25) is 5.90 Å². The zero-order valence-corrected chi connectivity index (χ0v) is 15.1. The lowest BCUT2D eigenvalue weighted by atomic mass is 10.2. The highest BCUT2D eigenvalue weighted by Crippen LogP contribution is 2.22. The number of hydrogen-bond donors (Lipinski definition) is 0. The molecule has 0 atom stereocenters. The SMILES string of the molecule is O=C1OC(c2ccccc2F)=N/C1=C\c1ccc(OCc2ccccc2F)cc1. The van der Waals surface area contributed by atoms with Gasteiger partial charge in [-0.2, -0.15) is 0 Å². The lowest BCUT2D eigenvalue weighted by Crippen LogP contribution is -2.07. The molecule has 3 aromatic rings. The van der Waals surface area contributed by atoms with Gasteiger partial charge in [0.15, 0.2) is 5.70 Å². The number of halogens is 2.